The van der Waals surface area contributed by atoms with Gasteiger partial charge in [0.2, 0.25) is 0 Å². The van der Waals surface area contributed by atoms with Crippen LogP contribution in [-0.2, 0) is 9.53 Å². The molecule has 1 rings (SSSR count). The lowest BCUT2D eigenvalue weighted by Crippen LogP contribution is -2.51. The molecule has 2 atom stereocenters. The molecular formula is C12H23NO3. The zero-order valence-electron chi connectivity index (χ0n) is 10.5. The van der Waals surface area contributed by atoms with Gasteiger partial charge in [-0.05, 0) is 26.7 Å². The fourth-order valence-electron chi connectivity index (χ4n) is 2.05. The Labute approximate surface area is 97.4 Å². The van der Waals surface area contributed by atoms with Crippen LogP contribution >= 0.6 is 0 Å². The molecule has 16 heavy (non-hydrogen) atoms. The maximum absolute atomic E-state index is 11.9. The SMILES string of the molecule is COC(C)(C)C(=O)NC1CCCCC1CO. The zero-order valence-corrected chi connectivity index (χ0v) is 10.5. The van der Waals surface area contributed by atoms with Crippen LogP contribution in [-0.4, -0.2) is 36.4 Å². The monoisotopic (exact) mass is 229 g/mol. The number of amides is 1. The van der Waals surface area contributed by atoms with Crippen LogP contribution in [0.25, 0.3) is 0 Å². The van der Waals surface area contributed by atoms with Gasteiger partial charge in [0.05, 0.1) is 0 Å². The van der Waals surface area contributed by atoms with Gasteiger partial charge >= 0.3 is 0 Å². The quantitative estimate of drug-likeness (QED) is 0.758. The smallest absolute Gasteiger partial charge is 0.251 e. The number of aliphatic hydroxyl groups is 1. The Morgan fingerprint density at radius 1 is 1.44 bits per heavy atom. The second-order valence-corrected chi connectivity index (χ2v) is 5.02. The van der Waals surface area contributed by atoms with Gasteiger partial charge in [-0.2, -0.15) is 0 Å². The van der Waals surface area contributed by atoms with Crippen LogP contribution in [0.1, 0.15) is 39.5 Å². The number of nitrogens with one attached hydrogen (secondary N) is 1. The van der Waals surface area contributed by atoms with Gasteiger partial charge in [-0.3, -0.25) is 4.79 Å². The number of carbonyl (C=O) groups is 1. The minimum atomic E-state index is -0.794. The first-order valence-electron chi connectivity index (χ1n) is 5.98. The number of ether oxygens (including phenoxy) is 1. The Balaban J connectivity index is 2.54. The standard InChI is InChI=1S/C12H23NO3/c1-12(2,16-3)11(15)13-10-7-5-4-6-9(10)8-14/h9-10,14H,4-8H2,1-3H3,(H,13,15). The van der Waals surface area contributed by atoms with Crippen LogP contribution < -0.4 is 5.32 Å². The van der Waals surface area contributed by atoms with Crippen molar-refractivity contribution in [3.63, 3.8) is 0 Å². The van der Waals surface area contributed by atoms with Gasteiger partial charge in [-0.1, -0.05) is 12.8 Å². The van der Waals surface area contributed by atoms with Crippen LogP contribution in [0.2, 0.25) is 0 Å². The van der Waals surface area contributed by atoms with Crippen molar-refractivity contribution in [1.82, 2.24) is 5.32 Å². The van der Waals surface area contributed by atoms with Gasteiger partial charge in [-0.25, -0.2) is 0 Å². The molecule has 0 aliphatic heterocycles. The zero-order chi connectivity index (χ0) is 12.2. The fourth-order valence-corrected chi connectivity index (χ4v) is 2.05. The number of rotatable bonds is 4. The second-order valence-electron chi connectivity index (χ2n) is 5.02. The van der Waals surface area contributed by atoms with Crippen molar-refractivity contribution in [3.8, 4) is 0 Å². The molecule has 0 heterocycles. The van der Waals surface area contributed by atoms with Crippen molar-refractivity contribution in [1.29, 1.82) is 0 Å². The van der Waals surface area contributed by atoms with E-state index in [0.29, 0.717) is 0 Å². The summed E-state index contributed by atoms with van der Waals surface area (Å²) in [5.41, 5.74) is -0.794. The summed E-state index contributed by atoms with van der Waals surface area (Å²) in [5.74, 6) is 0.103. The lowest BCUT2D eigenvalue weighted by Gasteiger charge is -2.33. The lowest BCUT2D eigenvalue weighted by atomic mass is 9.84. The lowest BCUT2D eigenvalue weighted by molar-refractivity contribution is -0.141. The van der Waals surface area contributed by atoms with E-state index in [1.165, 1.54) is 7.11 Å². The van der Waals surface area contributed by atoms with Gasteiger partial charge in [0, 0.05) is 25.7 Å². The number of hydrogen-bond acceptors (Lipinski definition) is 3. The molecule has 0 aromatic rings. The highest BCUT2D eigenvalue weighted by atomic mass is 16.5. The average Bonchev–Trinajstić information content (AvgIpc) is 2.29. The van der Waals surface area contributed by atoms with E-state index in [1.54, 1.807) is 13.8 Å². The first-order valence-corrected chi connectivity index (χ1v) is 5.98. The molecule has 2 unspecified atom stereocenters. The second kappa shape index (κ2) is 5.64. The fraction of sp³-hybridized carbons (Fsp3) is 0.917. The number of hydrogen-bond donors (Lipinski definition) is 2. The molecule has 1 saturated carbocycles. The topological polar surface area (TPSA) is 58.6 Å². The molecule has 0 aromatic carbocycles. The summed E-state index contributed by atoms with van der Waals surface area (Å²) in [6.45, 7) is 3.65. The van der Waals surface area contributed by atoms with Crippen molar-refractivity contribution in [3.05, 3.63) is 0 Å². The molecule has 4 heteroatoms. The first-order chi connectivity index (χ1) is 7.51. The number of aliphatic hydroxyl groups excluding tert-OH is 1. The summed E-state index contributed by atoms with van der Waals surface area (Å²) in [7, 11) is 1.53. The molecule has 2 N–H and O–H groups in total. The molecule has 94 valence electrons. The van der Waals surface area contributed by atoms with E-state index in [4.69, 9.17) is 4.74 Å². The summed E-state index contributed by atoms with van der Waals surface area (Å²) in [5, 5.41) is 12.2. The molecule has 1 aliphatic rings. The average molecular weight is 229 g/mol. The van der Waals surface area contributed by atoms with Crippen LogP contribution in [0.15, 0.2) is 0 Å². The van der Waals surface area contributed by atoms with Crippen LogP contribution in [0.3, 0.4) is 0 Å². The van der Waals surface area contributed by atoms with E-state index in [1.807, 2.05) is 0 Å². The Hall–Kier alpha value is -0.610. The molecule has 0 aromatic heterocycles. The molecule has 0 radical (unpaired) electrons. The third kappa shape index (κ3) is 3.19. The minimum Gasteiger partial charge on any atom is -0.396 e. The first kappa shape index (κ1) is 13.5. The van der Waals surface area contributed by atoms with Crippen molar-refractivity contribution >= 4 is 5.91 Å². The summed E-state index contributed by atoms with van der Waals surface area (Å²) in [6.07, 6.45) is 4.21. The van der Waals surface area contributed by atoms with E-state index in [0.717, 1.165) is 25.7 Å². The van der Waals surface area contributed by atoms with E-state index < -0.39 is 5.60 Å². The summed E-state index contributed by atoms with van der Waals surface area (Å²) < 4.78 is 5.14. The summed E-state index contributed by atoms with van der Waals surface area (Å²) in [6, 6.07) is 0.0978. The largest absolute Gasteiger partial charge is 0.396 e. The summed E-state index contributed by atoms with van der Waals surface area (Å²) in [4.78, 5) is 11.9. The molecule has 1 fully saturated rings. The van der Waals surface area contributed by atoms with Crippen molar-refractivity contribution in [2.45, 2.75) is 51.2 Å². The molecule has 0 saturated heterocycles. The normalized spacial score (nSPS) is 26.5. The third-order valence-corrected chi connectivity index (χ3v) is 3.52. The van der Waals surface area contributed by atoms with Gasteiger partial charge in [0.25, 0.3) is 5.91 Å². The molecule has 0 spiro atoms. The highest BCUT2D eigenvalue weighted by molar-refractivity contribution is 5.84. The Morgan fingerprint density at radius 3 is 2.62 bits per heavy atom. The van der Waals surface area contributed by atoms with Gasteiger partial charge < -0.3 is 15.2 Å². The van der Waals surface area contributed by atoms with Crippen LogP contribution in [0.4, 0.5) is 0 Å². The molecular weight excluding hydrogens is 206 g/mol. The van der Waals surface area contributed by atoms with E-state index >= 15 is 0 Å². The maximum Gasteiger partial charge on any atom is 0.251 e. The van der Waals surface area contributed by atoms with E-state index in [2.05, 4.69) is 5.32 Å². The number of methoxy groups -OCH3 is 1. The van der Waals surface area contributed by atoms with Gasteiger partial charge in [0.15, 0.2) is 0 Å². The molecule has 1 amide bonds. The van der Waals surface area contributed by atoms with Crippen molar-refractivity contribution in [2.75, 3.05) is 13.7 Å². The highest BCUT2D eigenvalue weighted by Crippen LogP contribution is 2.24. The number of carbonyl (C=O) groups excluding carboxylic acids is 1. The molecule has 0 bridgehead atoms. The van der Waals surface area contributed by atoms with Crippen LogP contribution in [0.5, 0.6) is 0 Å². The van der Waals surface area contributed by atoms with Crippen LogP contribution in [0, 0.1) is 5.92 Å². The third-order valence-electron chi connectivity index (χ3n) is 3.52. The van der Waals surface area contributed by atoms with E-state index in [-0.39, 0.29) is 24.5 Å². The van der Waals surface area contributed by atoms with E-state index in [9.17, 15) is 9.90 Å². The predicted octanol–water partition coefficient (Wildman–Crippen LogP) is 1.08. The Bertz CT molecular complexity index is 240. The Kier molecular flexibility index (Phi) is 4.74. The molecule has 1 aliphatic carbocycles. The van der Waals surface area contributed by atoms with Gasteiger partial charge in [0.1, 0.15) is 5.60 Å². The minimum absolute atomic E-state index is 0.0969. The Morgan fingerprint density at radius 2 is 2.06 bits per heavy atom. The highest BCUT2D eigenvalue weighted by Gasteiger charge is 2.32. The van der Waals surface area contributed by atoms with Gasteiger partial charge in [-0.15, -0.1) is 0 Å². The molecule has 4 nitrogen and oxygen atoms in total. The predicted molar refractivity (Wildman–Crippen MR) is 62.1 cm³/mol. The van der Waals surface area contributed by atoms with Crippen molar-refractivity contribution in [2.24, 2.45) is 5.92 Å². The maximum atomic E-state index is 11.9. The summed E-state index contributed by atoms with van der Waals surface area (Å²) >= 11 is 0. The van der Waals surface area contributed by atoms with Crippen molar-refractivity contribution < 1.29 is 14.6 Å².